The maximum Gasteiger partial charge on any atom is 0.298 e. The zero-order valence-electron chi connectivity index (χ0n) is 15.2. The number of rotatable bonds is 2. The second-order valence-corrected chi connectivity index (χ2v) is 7.13. The van der Waals surface area contributed by atoms with Gasteiger partial charge in [-0.3, -0.25) is 0 Å². The van der Waals surface area contributed by atoms with E-state index < -0.39 is 5.60 Å². The van der Waals surface area contributed by atoms with Crippen LogP contribution in [0.2, 0.25) is 0 Å². The van der Waals surface area contributed by atoms with Gasteiger partial charge in [0.15, 0.2) is 11.0 Å². The summed E-state index contributed by atoms with van der Waals surface area (Å²) < 4.78 is 4.35. The molecule has 1 aromatic heterocycles. The third kappa shape index (κ3) is 2.36. The standard InChI is InChI=1S/C24H21N2O/c1-25-21-14-8-9-15-22(21)26-17-19(18-10-4-2-5-11-18)16-24(27,23(25)26)20-12-6-3-7-13-20/h2-16,27H,17H2,1H3/q+1. The molecule has 0 amide bonds. The summed E-state index contributed by atoms with van der Waals surface area (Å²) in [6.07, 6.45) is 2.02. The van der Waals surface area contributed by atoms with Gasteiger partial charge in [0.2, 0.25) is 5.60 Å². The van der Waals surface area contributed by atoms with Gasteiger partial charge in [0.25, 0.3) is 5.82 Å². The highest BCUT2D eigenvalue weighted by Gasteiger charge is 2.45. The fourth-order valence-electron chi connectivity index (χ4n) is 4.27. The highest BCUT2D eigenvalue weighted by molar-refractivity contribution is 5.77. The zero-order valence-corrected chi connectivity index (χ0v) is 15.2. The normalized spacial score (nSPS) is 19.0. The average Bonchev–Trinajstić information content (AvgIpc) is 3.03. The lowest BCUT2D eigenvalue weighted by molar-refractivity contribution is -0.660. The Bertz CT molecular complexity index is 1160. The van der Waals surface area contributed by atoms with Crippen molar-refractivity contribution >= 4 is 16.6 Å². The molecule has 0 bridgehead atoms. The summed E-state index contributed by atoms with van der Waals surface area (Å²) in [4.78, 5) is 0. The molecule has 0 aliphatic carbocycles. The monoisotopic (exact) mass is 353 g/mol. The molecule has 3 heteroatoms. The molecule has 27 heavy (non-hydrogen) atoms. The summed E-state index contributed by atoms with van der Waals surface area (Å²) >= 11 is 0. The molecule has 0 saturated carbocycles. The minimum Gasteiger partial charge on any atom is -0.370 e. The number of hydrogen-bond donors (Lipinski definition) is 1. The molecule has 0 saturated heterocycles. The van der Waals surface area contributed by atoms with Crippen LogP contribution in [0.1, 0.15) is 17.0 Å². The first-order valence-corrected chi connectivity index (χ1v) is 9.21. The molecule has 3 nitrogen and oxygen atoms in total. The molecule has 3 aromatic carbocycles. The summed E-state index contributed by atoms with van der Waals surface area (Å²) in [6, 6.07) is 28.6. The van der Waals surface area contributed by atoms with Gasteiger partial charge in [-0.05, 0) is 29.3 Å². The van der Waals surface area contributed by atoms with Crippen molar-refractivity contribution in [3.05, 3.63) is 108 Å². The van der Waals surface area contributed by atoms with Gasteiger partial charge in [-0.25, -0.2) is 9.13 Å². The van der Waals surface area contributed by atoms with Crippen LogP contribution in [0.25, 0.3) is 16.6 Å². The highest BCUT2D eigenvalue weighted by Crippen LogP contribution is 2.39. The molecule has 4 aromatic rings. The van der Waals surface area contributed by atoms with Crippen molar-refractivity contribution in [3.8, 4) is 0 Å². The summed E-state index contributed by atoms with van der Waals surface area (Å²) in [5.41, 5.74) is 4.18. The molecule has 1 unspecified atom stereocenters. The third-order valence-corrected chi connectivity index (χ3v) is 5.52. The van der Waals surface area contributed by atoms with Crippen LogP contribution in [-0.4, -0.2) is 9.67 Å². The largest absolute Gasteiger partial charge is 0.370 e. The van der Waals surface area contributed by atoms with Crippen molar-refractivity contribution in [1.82, 2.24) is 4.57 Å². The van der Waals surface area contributed by atoms with Gasteiger partial charge in [0.05, 0.1) is 7.05 Å². The van der Waals surface area contributed by atoms with Gasteiger partial charge in [-0.2, -0.15) is 0 Å². The van der Waals surface area contributed by atoms with Crippen molar-refractivity contribution in [1.29, 1.82) is 0 Å². The second kappa shape index (κ2) is 5.93. The predicted octanol–water partition coefficient (Wildman–Crippen LogP) is 3.80. The Morgan fingerprint density at radius 3 is 2.22 bits per heavy atom. The van der Waals surface area contributed by atoms with E-state index in [1.165, 1.54) is 0 Å². The molecule has 1 N–H and O–H groups in total. The molecule has 1 atom stereocenters. The first-order valence-electron chi connectivity index (χ1n) is 9.21. The maximum absolute atomic E-state index is 12.0. The second-order valence-electron chi connectivity index (χ2n) is 7.13. The lowest BCUT2D eigenvalue weighted by Crippen LogP contribution is -2.45. The van der Waals surface area contributed by atoms with E-state index in [9.17, 15) is 5.11 Å². The van der Waals surface area contributed by atoms with E-state index in [0.29, 0.717) is 0 Å². The zero-order chi connectivity index (χ0) is 18.4. The molecule has 1 aliphatic rings. The van der Waals surface area contributed by atoms with E-state index in [2.05, 4.69) is 39.5 Å². The van der Waals surface area contributed by atoms with Crippen LogP contribution in [-0.2, 0) is 19.2 Å². The highest BCUT2D eigenvalue weighted by atomic mass is 16.3. The van der Waals surface area contributed by atoms with Crippen molar-refractivity contribution in [2.24, 2.45) is 7.05 Å². The molecule has 1 aliphatic heterocycles. The van der Waals surface area contributed by atoms with Gasteiger partial charge >= 0.3 is 0 Å². The van der Waals surface area contributed by atoms with Crippen molar-refractivity contribution in [3.63, 3.8) is 0 Å². The van der Waals surface area contributed by atoms with Crippen molar-refractivity contribution in [2.75, 3.05) is 0 Å². The van der Waals surface area contributed by atoms with Crippen LogP contribution in [0.3, 0.4) is 0 Å². The lowest BCUT2D eigenvalue weighted by Gasteiger charge is -2.28. The van der Waals surface area contributed by atoms with E-state index in [1.807, 2.05) is 67.7 Å². The fourth-order valence-corrected chi connectivity index (χ4v) is 4.27. The Balaban J connectivity index is 1.84. The van der Waals surface area contributed by atoms with Crippen molar-refractivity contribution < 1.29 is 9.67 Å². The number of allylic oxidation sites excluding steroid dienone is 1. The Labute approximate surface area is 158 Å². The summed E-state index contributed by atoms with van der Waals surface area (Å²) in [5, 5.41) is 12.0. The minimum atomic E-state index is -1.20. The van der Waals surface area contributed by atoms with Gasteiger partial charge in [0, 0.05) is 5.57 Å². The summed E-state index contributed by atoms with van der Waals surface area (Å²) in [6.45, 7) is 0.732. The lowest BCUT2D eigenvalue weighted by atomic mass is 9.86. The van der Waals surface area contributed by atoms with E-state index in [1.54, 1.807) is 0 Å². The van der Waals surface area contributed by atoms with Crippen LogP contribution >= 0.6 is 0 Å². The van der Waals surface area contributed by atoms with Crippen LogP contribution in [0, 0.1) is 0 Å². The SMILES string of the molecule is C[n+]1c2n(c3ccccc31)CC(c1ccccc1)=CC2(O)c1ccccc1. The van der Waals surface area contributed by atoms with Crippen molar-refractivity contribution in [2.45, 2.75) is 12.1 Å². The molecule has 5 rings (SSSR count). The molecule has 0 fully saturated rings. The Hall–Kier alpha value is -3.17. The van der Waals surface area contributed by atoms with Gasteiger partial charge < -0.3 is 5.11 Å². The fraction of sp³-hybridized carbons (Fsp3) is 0.125. The van der Waals surface area contributed by atoms with Gasteiger partial charge in [0.1, 0.15) is 6.54 Å². The average molecular weight is 353 g/mol. The van der Waals surface area contributed by atoms with E-state index in [-0.39, 0.29) is 0 Å². The third-order valence-electron chi connectivity index (χ3n) is 5.52. The number of para-hydroxylation sites is 2. The molecule has 0 radical (unpaired) electrons. The summed E-state index contributed by atoms with van der Waals surface area (Å²) in [5.74, 6) is 0.884. The van der Waals surface area contributed by atoms with E-state index in [4.69, 9.17) is 0 Å². The number of nitrogens with zero attached hydrogens (tertiary/aromatic N) is 2. The van der Waals surface area contributed by atoms with E-state index >= 15 is 0 Å². The number of aliphatic hydroxyl groups is 1. The Morgan fingerprint density at radius 2 is 1.48 bits per heavy atom. The molecule has 2 heterocycles. The number of hydrogen-bond acceptors (Lipinski definition) is 1. The first kappa shape index (κ1) is 16.0. The topological polar surface area (TPSA) is 29.0 Å². The Kier molecular flexibility index (Phi) is 3.52. The van der Waals surface area contributed by atoms with Crippen LogP contribution in [0.5, 0.6) is 0 Å². The minimum absolute atomic E-state index is 0.732. The summed E-state index contributed by atoms with van der Waals surface area (Å²) in [7, 11) is 2.03. The van der Waals surface area contributed by atoms with Crippen LogP contribution in [0.15, 0.2) is 91.0 Å². The number of imidazole rings is 1. The smallest absolute Gasteiger partial charge is 0.298 e. The maximum atomic E-state index is 12.0. The first-order chi connectivity index (χ1) is 13.2. The quantitative estimate of drug-likeness (QED) is 0.546. The number of fused-ring (bicyclic) bond motifs is 3. The van der Waals surface area contributed by atoms with Crippen LogP contribution < -0.4 is 4.57 Å². The number of aromatic nitrogens is 2. The predicted molar refractivity (Wildman–Crippen MR) is 107 cm³/mol. The number of benzene rings is 3. The Morgan fingerprint density at radius 1 is 0.852 bits per heavy atom. The molecule has 132 valence electrons. The number of aryl methyl sites for hydroxylation is 1. The molecular formula is C24H21N2O+. The van der Waals surface area contributed by atoms with Gasteiger partial charge in [-0.15, -0.1) is 0 Å². The van der Waals surface area contributed by atoms with E-state index in [0.717, 1.165) is 40.1 Å². The molecule has 0 spiro atoms. The molecular weight excluding hydrogens is 332 g/mol. The van der Waals surface area contributed by atoms with Gasteiger partial charge in [-0.1, -0.05) is 72.8 Å². The van der Waals surface area contributed by atoms with Crippen LogP contribution in [0.4, 0.5) is 0 Å².